The van der Waals surface area contributed by atoms with E-state index in [0.29, 0.717) is 25.1 Å². The molecule has 0 spiro atoms. The second-order valence-electron chi connectivity index (χ2n) is 5.00. The van der Waals surface area contributed by atoms with Gasteiger partial charge in [0.1, 0.15) is 0 Å². The number of hydrogen-bond donors (Lipinski definition) is 2. The first kappa shape index (κ1) is 14.6. The Bertz CT molecular complexity index is 626. The van der Waals surface area contributed by atoms with E-state index in [2.05, 4.69) is 5.16 Å². The molecule has 0 radical (unpaired) electrons. The van der Waals surface area contributed by atoms with Crippen molar-refractivity contribution in [2.75, 3.05) is 29.5 Å². The summed E-state index contributed by atoms with van der Waals surface area (Å²) in [5.41, 5.74) is 8.16. The molecule has 0 amide bonds. The summed E-state index contributed by atoms with van der Waals surface area (Å²) >= 11 is 0. The summed E-state index contributed by atoms with van der Waals surface area (Å²) in [6, 6.07) is 5.66. The Balaban J connectivity index is 2.37. The molecule has 0 saturated carbocycles. The smallest absolute Gasteiger partial charge is 0.172 e. The number of anilines is 1. The standard InChI is InChI=1S/C13H19N3O3S/c1-10-3-4-12(11(9-10)13(14)15-17)16-5-2-7-20(18,19)8-6-16/h3-4,9,17H,2,5-8H2,1H3,(H2,14,15). The number of hydrogen-bond acceptors (Lipinski definition) is 5. The zero-order chi connectivity index (χ0) is 14.8. The van der Waals surface area contributed by atoms with E-state index in [4.69, 9.17) is 10.9 Å². The third-order valence-electron chi connectivity index (χ3n) is 3.43. The third kappa shape index (κ3) is 3.22. The van der Waals surface area contributed by atoms with Crippen LogP contribution in [-0.4, -0.2) is 44.1 Å². The van der Waals surface area contributed by atoms with Gasteiger partial charge in [-0.2, -0.15) is 0 Å². The van der Waals surface area contributed by atoms with Gasteiger partial charge in [-0.1, -0.05) is 16.8 Å². The maximum Gasteiger partial charge on any atom is 0.172 e. The van der Waals surface area contributed by atoms with Gasteiger partial charge in [0.2, 0.25) is 0 Å². The monoisotopic (exact) mass is 297 g/mol. The molecule has 6 nitrogen and oxygen atoms in total. The number of amidine groups is 1. The van der Waals surface area contributed by atoms with Crippen LogP contribution < -0.4 is 10.6 Å². The van der Waals surface area contributed by atoms with Gasteiger partial charge in [-0.05, 0) is 25.5 Å². The van der Waals surface area contributed by atoms with Gasteiger partial charge in [0, 0.05) is 24.3 Å². The molecule has 0 bridgehead atoms. The fourth-order valence-electron chi connectivity index (χ4n) is 2.36. The minimum Gasteiger partial charge on any atom is -0.409 e. The molecule has 1 fully saturated rings. The Labute approximate surface area is 118 Å². The average Bonchev–Trinajstić information content (AvgIpc) is 2.59. The zero-order valence-electron chi connectivity index (χ0n) is 11.4. The summed E-state index contributed by atoms with van der Waals surface area (Å²) in [7, 11) is -2.96. The molecule has 0 aromatic heterocycles. The molecule has 1 heterocycles. The molecule has 110 valence electrons. The van der Waals surface area contributed by atoms with Crippen LogP contribution in [-0.2, 0) is 9.84 Å². The molecule has 0 atom stereocenters. The van der Waals surface area contributed by atoms with Crippen LogP contribution in [0.4, 0.5) is 5.69 Å². The third-order valence-corrected chi connectivity index (χ3v) is 5.15. The van der Waals surface area contributed by atoms with Gasteiger partial charge in [0.05, 0.1) is 11.5 Å². The summed E-state index contributed by atoms with van der Waals surface area (Å²) in [5, 5.41) is 11.9. The molecule has 3 N–H and O–H groups in total. The summed E-state index contributed by atoms with van der Waals surface area (Å²) in [5.74, 6) is 0.390. The molecule has 1 aliphatic rings. The SMILES string of the molecule is Cc1ccc(N2CCCS(=O)(=O)CC2)c(/C(N)=N/O)c1. The van der Waals surface area contributed by atoms with E-state index >= 15 is 0 Å². The number of benzene rings is 1. The van der Waals surface area contributed by atoms with Crippen LogP contribution in [0.15, 0.2) is 23.4 Å². The summed E-state index contributed by atoms with van der Waals surface area (Å²) in [6.45, 7) is 3.00. The van der Waals surface area contributed by atoms with E-state index in [9.17, 15) is 8.42 Å². The van der Waals surface area contributed by atoms with Crippen molar-refractivity contribution in [1.82, 2.24) is 0 Å². The number of sulfone groups is 1. The second-order valence-corrected chi connectivity index (χ2v) is 7.30. The lowest BCUT2D eigenvalue weighted by molar-refractivity contribution is 0.318. The largest absolute Gasteiger partial charge is 0.409 e. The van der Waals surface area contributed by atoms with E-state index in [1.807, 2.05) is 30.0 Å². The Hall–Kier alpha value is -1.76. The first-order valence-corrected chi connectivity index (χ1v) is 8.29. The van der Waals surface area contributed by atoms with Crippen molar-refractivity contribution in [2.45, 2.75) is 13.3 Å². The predicted molar refractivity (Wildman–Crippen MR) is 79.2 cm³/mol. The Morgan fingerprint density at radius 1 is 1.35 bits per heavy atom. The lowest BCUT2D eigenvalue weighted by atomic mass is 10.1. The molecule has 1 aromatic carbocycles. The highest BCUT2D eigenvalue weighted by Crippen LogP contribution is 2.23. The summed E-state index contributed by atoms with van der Waals surface area (Å²) in [4.78, 5) is 1.98. The fourth-order valence-corrected chi connectivity index (χ4v) is 3.64. The first-order chi connectivity index (χ1) is 9.43. The number of nitrogens with zero attached hydrogens (tertiary/aromatic N) is 2. The van der Waals surface area contributed by atoms with E-state index < -0.39 is 9.84 Å². The number of nitrogens with two attached hydrogens (primary N) is 1. The quantitative estimate of drug-likeness (QED) is 0.363. The number of oxime groups is 1. The Kier molecular flexibility index (Phi) is 4.17. The molecular weight excluding hydrogens is 278 g/mol. The van der Waals surface area contributed by atoms with Gasteiger partial charge in [-0.25, -0.2) is 8.42 Å². The van der Waals surface area contributed by atoms with Crippen molar-refractivity contribution in [1.29, 1.82) is 0 Å². The summed E-state index contributed by atoms with van der Waals surface area (Å²) < 4.78 is 23.3. The number of rotatable bonds is 2. The molecule has 0 unspecified atom stereocenters. The molecule has 2 rings (SSSR count). The topological polar surface area (TPSA) is 96.0 Å². The van der Waals surface area contributed by atoms with E-state index in [1.165, 1.54) is 0 Å². The van der Waals surface area contributed by atoms with Crippen molar-refractivity contribution < 1.29 is 13.6 Å². The van der Waals surface area contributed by atoms with Crippen molar-refractivity contribution in [3.05, 3.63) is 29.3 Å². The first-order valence-electron chi connectivity index (χ1n) is 6.47. The van der Waals surface area contributed by atoms with Crippen molar-refractivity contribution in [3.8, 4) is 0 Å². The van der Waals surface area contributed by atoms with Crippen LogP contribution in [0.1, 0.15) is 17.5 Å². The predicted octanol–water partition coefficient (Wildman–Crippen LogP) is 0.714. The minimum absolute atomic E-state index is 0.0378. The maximum atomic E-state index is 11.7. The molecule has 7 heteroatoms. The molecule has 1 saturated heterocycles. The minimum atomic E-state index is -2.96. The van der Waals surface area contributed by atoms with Gasteiger partial charge >= 0.3 is 0 Å². The van der Waals surface area contributed by atoms with Crippen LogP contribution >= 0.6 is 0 Å². The second kappa shape index (κ2) is 5.70. The average molecular weight is 297 g/mol. The van der Waals surface area contributed by atoms with Gasteiger partial charge in [-0.3, -0.25) is 0 Å². The zero-order valence-corrected chi connectivity index (χ0v) is 12.2. The van der Waals surface area contributed by atoms with E-state index in [0.717, 1.165) is 11.3 Å². The highest BCUT2D eigenvalue weighted by Gasteiger charge is 2.21. The normalized spacial score (nSPS) is 19.6. The van der Waals surface area contributed by atoms with Crippen molar-refractivity contribution in [2.24, 2.45) is 10.9 Å². The van der Waals surface area contributed by atoms with Crippen molar-refractivity contribution >= 4 is 21.4 Å². The highest BCUT2D eigenvalue weighted by molar-refractivity contribution is 7.91. The van der Waals surface area contributed by atoms with E-state index in [1.54, 1.807) is 0 Å². The maximum absolute atomic E-state index is 11.7. The lowest BCUT2D eigenvalue weighted by Gasteiger charge is -2.25. The Morgan fingerprint density at radius 2 is 2.10 bits per heavy atom. The van der Waals surface area contributed by atoms with Crippen LogP contribution in [0, 0.1) is 6.92 Å². The van der Waals surface area contributed by atoms with Gasteiger partial charge in [0.15, 0.2) is 15.7 Å². The van der Waals surface area contributed by atoms with Gasteiger partial charge in [0.25, 0.3) is 0 Å². The summed E-state index contributed by atoms with van der Waals surface area (Å²) in [6.07, 6.45) is 0.589. The van der Waals surface area contributed by atoms with E-state index in [-0.39, 0.29) is 17.3 Å². The van der Waals surface area contributed by atoms with Crippen LogP contribution in [0.5, 0.6) is 0 Å². The van der Waals surface area contributed by atoms with Gasteiger partial charge in [-0.15, -0.1) is 0 Å². The molecule has 1 aromatic rings. The molecule has 20 heavy (non-hydrogen) atoms. The van der Waals surface area contributed by atoms with Crippen LogP contribution in [0.2, 0.25) is 0 Å². The molecule has 0 aliphatic carbocycles. The fraction of sp³-hybridized carbons (Fsp3) is 0.462. The van der Waals surface area contributed by atoms with Crippen LogP contribution in [0.3, 0.4) is 0 Å². The number of aryl methyl sites for hydroxylation is 1. The Morgan fingerprint density at radius 3 is 2.80 bits per heavy atom. The molecular formula is C13H19N3O3S. The van der Waals surface area contributed by atoms with Crippen LogP contribution in [0.25, 0.3) is 0 Å². The lowest BCUT2D eigenvalue weighted by Crippen LogP contribution is -2.29. The molecule has 1 aliphatic heterocycles. The highest BCUT2D eigenvalue weighted by atomic mass is 32.2. The van der Waals surface area contributed by atoms with Crippen molar-refractivity contribution in [3.63, 3.8) is 0 Å². The van der Waals surface area contributed by atoms with Gasteiger partial charge < -0.3 is 15.8 Å².